The predicted octanol–water partition coefficient (Wildman–Crippen LogP) is 4.31. The molecule has 0 unspecified atom stereocenters. The van der Waals surface area contributed by atoms with Crippen molar-refractivity contribution in [2.75, 3.05) is 6.54 Å². The maximum absolute atomic E-state index is 3.74. The molecule has 1 nitrogen and oxygen atoms in total. The fourth-order valence-corrected chi connectivity index (χ4v) is 10.5. The minimum absolute atomic E-state index is 1.01. The van der Waals surface area contributed by atoms with Gasteiger partial charge in [-0.05, 0) is 0 Å². The molecule has 0 fully saturated rings. The summed E-state index contributed by atoms with van der Waals surface area (Å²) in [6, 6.07) is 0. The van der Waals surface area contributed by atoms with E-state index >= 15 is 0 Å². The van der Waals surface area contributed by atoms with E-state index in [1.165, 1.54) is 28.7 Å². The average molecular weight is 290 g/mol. The van der Waals surface area contributed by atoms with Gasteiger partial charge in [-0.2, -0.15) is 0 Å². The fourth-order valence-electron chi connectivity index (χ4n) is 2.21. The Hall–Kier alpha value is 0.720. The van der Waals surface area contributed by atoms with Crippen LogP contribution in [-0.2, 0) is 0 Å². The van der Waals surface area contributed by atoms with Crippen LogP contribution in [0.25, 0.3) is 0 Å². The molecule has 0 aromatic rings. The second-order valence-electron chi connectivity index (χ2n) is 5.84. The molecule has 0 aromatic carbocycles. The number of rotatable bonds is 8. The number of hydrogen-bond donors (Lipinski definition) is 1. The summed E-state index contributed by atoms with van der Waals surface area (Å²) < 4.78 is 0. The van der Waals surface area contributed by atoms with Gasteiger partial charge in [0, 0.05) is 0 Å². The molecule has 0 rings (SSSR count). The van der Waals surface area contributed by atoms with E-state index in [1.807, 2.05) is 0 Å². The van der Waals surface area contributed by atoms with Gasteiger partial charge in [-0.1, -0.05) is 0 Å². The van der Waals surface area contributed by atoms with Gasteiger partial charge in [0.05, 0.1) is 0 Å². The van der Waals surface area contributed by atoms with E-state index in [4.69, 9.17) is 0 Å². The average Bonchev–Trinajstić information content (AvgIpc) is 2.18. The standard InChI is InChI=1S/C12H31GeNSi/c1-7-13(8-2,9-3)11-10-12-14-15(4,5)6/h14H,7-12H2,1-6H3. The van der Waals surface area contributed by atoms with Crippen molar-refractivity contribution in [2.24, 2.45) is 0 Å². The van der Waals surface area contributed by atoms with Crippen molar-refractivity contribution in [3.05, 3.63) is 0 Å². The fraction of sp³-hybridized carbons (Fsp3) is 1.00. The molecular weight excluding hydrogens is 259 g/mol. The first-order valence-electron chi connectivity index (χ1n) is 6.64. The Bertz CT molecular complexity index is 153. The van der Waals surface area contributed by atoms with Gasteiger partial charge in [0.2, 0.25) is 0 Å². The van der Waals surface area contributed by atoms with Crippen molar-refractivity contribution in [3.8, 4) is 0 Å². The molecule has 0 saturated carbocycles. The molecule has 3 heteroatoms. The Labute approximate surface area is 101 Å². The van der Waals surface area contributed by atoms with Crippen molar-refractivity contribution in [2.45, 2.75) is 67.8 Å². The molecule has 1 N–H and O–H groups in total. The molecule has 0 aliphatic carbocycles. The van der Waals surface area contributed by atoms with Crippen molar-refractivity contribution in [1.29, 1.82) is 0 Å². The van der Waals surface area contributed by atoms with E-state index < -0.39 is 21.5 Å². The second-order valence-corrected chi connectivity index (χ2v) is 22.5. The zero-order valence-corrected chi connectivity index (χ0v) is 14.8. The van der Waals surface area contributed by atoms with E-state index in [0.717, 1.165) is 0 Å². The predicted molar refractivity (Wildman–Crippen MR) is 78.0 cm³/mol. The van der Waals surface area contributed by atoms with E-state index in [2.05, 4.69) is 45.4 Å². The number of hydrogen-bond acceptors (Lipinski definition) is 1. The van der Waals surface area contributed by atoms with Crippen LogP contribution >= 0.6 is 0 Å². The molecule has 0 saturated heterocycles. The Morgan fingerprint density at radius 1 is 0.933 bits per heavy atom. The first kappa shape index (κ1) is 15.7. The van der Waals surface area contributed by atoms with Crippen LogP contribution in [0.1, 0.15) is 27.2 Å². The summed E-state index contributed by atoms with van der Waals surface area (Å²) in [4.78, 5) is 3.74. The summed E-state index contributed by atoms with van der Waals surface area (Å²) in [5, 5.41) is 6.17. The van der Waals surface area contributed by atoms with Gasteiger partial charge in [-0.25, -0.2) is 0 Å². The van der Waals surface area contributed by atoms with Gasteiger partial charge in [0.15, 0.2) is 0 Å². The topological polar surface area (TPSA) is 12.0 Å². The summed E-state index contributed by atoms with van der Waals surface area (Å²) in [7, 11) is -1.01. The zero-order chi connectivity index (χ0) is 11.9. The van der Waals surface area contributed by atoms with Crippen LogP contribution in [0.2, 0.25) is 40.7 Å². The molecule has 0 atom stereocenters. The molecule has 0 spiro atoms. The molecule has 0 aliphatic rings. The van der Waals surface area contributed by atoms with Crippen molar-refractivity contribution in [3.63, 3.8) is 0 Å². The zero-order valence-electron chi connectivity index (χ0n) is 11.7. The third-order valence-corrected chi connectivity index (χ3v) is 17.5. The monoisotopic (exact) mass is 291 g/mol. The molecule has 15 heavy (non-hydrogen) atoms. The van der Waals surface area contributed by atoms with Crippen molar-refractivity contribution in [1.82, 2.24) is 4.98 Å². The number of nitrogens with one attached hydrogen (secondary N) is 1. The molecule has 92 valence electrons. The third kappa shape index (κ3) is 6.80. The molecule has 0 aromatic heterocycles. The van der Waals surface area contributed by atoms with Crippen LogP contribution in [0.4, 0.5) is 0 Å². The van der Waals surface area contributed by atoms with Gasteiger partial charge < -0.3 is 0 Å². The molecule has 0 aliphatic heterocycles. The van der Waals surface area contributed by atoms with Crippen molar-refractivity contribution >= 4 is 21.5 Å². The SMILES string of the molecule is C[CH2][Ge]([CH2]C)([CH2]C)[CH2]CCN[Si](C)(C)C. The molecule has 0 radical (unpaired) electrons. The normalized spacial score (nSPS) is 13.2. The Morgan fingerprint density at radius 3 is 1.73 bits per heavy atom. The molecule has 0 amide bonds. The quantitative estimate of drug-likeness (QED) is 0.519. The minimum atomic E-state index is -1.35. The van der Waals surface area contributed by atoms with Crippen LogP contribution in [0.3, 0.4) is 0 Å². The van der Waals surface area contributed by atoms with Crippen LogP contribution in [0.5, 0.6) is 0 Å². The second kappa shape index (κ2) is 7.13. The Kier molecular flexibility index (Phi) is 7.47. The van der Waals surface area contributed by atoms with Crippen LogP contribution in [0.15, 0.2) is 0 Å². The summed E-state index contributed by atoms with van der Waals surface area (Å²) in [6.07, 6.45) is 1.43. The van der Waals surface area contributed by atoms with Gasteiger partial charge in [0.25, 0.3) is 0 Å². The summed E-state index contributed by atoms with van der Waals surface area (Å²) >= 11 is -1.35. The van der Waals surface area contributed by atoms with Crippen LogP contribution < -0.4 is 4.98 Å². The van der Waals surface area contributed by atoms with Crippen LogP contribution in [-0.4, -0.2) is 28.0 Å². The molecular formula is C12H31GeNSi. The first-order chi connectivity index (χ1) is 6.89. The van der Waals surface area contributed by atoms with E-state index in [-0.39, 0.29) is 0 Å². The summed E-state index contributed by atoms with van der Waals surface area (Å²) in [6.45, 7) is 15.7. The maximum atomic E-state index is 3.74. The third-order valence-electron chi connectivity index (χ3n) is 3.79. The van der Waals surface area contributed by atoms with Gasteiger partial charge in [0.1, 0.15) is 0 Å². The van der Waals surface area contributed by atoms with Crippen LogP contribution in [0, 0.1) is 0 Å². The van der Waals surface area contributed by atoms with E-state index in [0.29, 0.717) is 0 Å². The van der Waals surface area contributed by atoms with Gasteiger partial charge in [-0.3, -0.25) is 0 Å². The van der Waals surface area contributed by atoms with Gasteiger partial charge in [-0.15, -0.1) is 0 Å². The van der Waals surface area contributed by atoms with Gasteiger partial charge >= 0.3 is 101 Å². The summed E-state index contributed by atoms with van der Waals surface area (Å²) in [5.74, 6) is 0. The van der Waals surface area contributed by atoms with Crippen molar-refractivity contribution < 1.29 is 0 Å². The molecule has 0 bridgehead atoms. The van der Waals surface area contributed by atoms with E-state index in [1.54, 1.807) is 5.25 Å². The summed E-state index contributed by atoms with van der Waals surface area (Å²) in [5.41, 5.74) is 0. The molecule has 0 heterocycles. The van der Waals surface area contributed by atoms with E-state index in [9.17, 15) is 0 Å². The Balaban J connectivity index is 3.82. The first-order valence-corrected chi connectivity index (χ1v) is 16.1. The Morgan fingerprint density at radius 2 is 1.40 bits per heavy atom.